The van der Waals surface area contributed by atoms with Gasteiger partial charge < -0.3 is 5.11 Å². The molecule has 0 bridgehead atoms. The first-order chi connectivity index (χ1) is 9.01. The first kappa shape index (κ1) is 14.7. The van der Waals surface area contributed by atoms with Crippen LogP contribution in [0.15, 0.2) is 45.1 Å². The smallest absolute Gasteiger partial charge is 0.240 e. The number of hydrogen-bond acceptors (Lipinski definition) is 4. The van der Waals surface area contributed by atoms with E-state index in [1.54, 1.807) is 12.1 Å². The molecule has 1 aromatic heterocycles. The third kappa shape index (κ3) is 3.87. The van der Waals surface area contributed by atoms with Gasteiger partial charge >= 0.3 is 0 Å². The lowest BCUT2D eigenvalue weighted by molar-refractivity contribution is 0.281. The van der Waals surface area contributed by atoms with Crippen molar-refractivity contribution in [3.8, 4) is 0 Å². The van der Waals surface area contributed by atoms with Crippen LogP contribution in [0, 0.1) is 0 Å². The number of aliphatic hydroxyl groups is 1. The Kier molecular flexibility index (Phi) is 4.75. The van der Waals surface area contributed by atoms with E-state index in [0.29, 0.717) is 5.56 Å². The predicted octanol–water partition coefficient (Wildman–Crippen LogP) is 2.48. The van der Waals surface area contributed by atoms with Crippen LogP contribution in [0.5, 0.6) is 0 Å². The molecule has 2 N–H and O–H groups in total. The van der Waals surface area contributed by atoms with E-state index in [4.69, 9.17) is 5.11 Å². The van der Waals surface area contributed by atoms with Gasteiger partial charge in [-0.1, -0.05) is 12.1 Å². The summed E-state index contributed by atoms with van der Waals surface area (Å²) in [5, 5.41) is 9.02. The third-order valence-electron chi connectivity index (χ3n) is 2.46. The molecule has 4 nitrogen and oxygen atoms in total. The minimum Gasteiger partial charge on any atom is -0.392 e. The molecule has 0 spiro atoms. The van der Waals surface area contributed by atoms with Crippen LogP contribution in [-0.2, 0) is 23.2 Å². The Morgan fingerprint density at radius 1 is 1.26 bits per heavy atom. The molecule has 0 atom stereocenters. The fourth-order valence-corrected chi connectivity index (χ4v) is 4.10. The summed E-state index contributed by atoms with van der Waals surface area (Å²) in [5.41, 5.74) is 0.571. The number of halogens is 1. The maximum absolute atomic E-state index is 12.1. The molecule has 0 aliphatic heterocycles. The van der Waals surface area contributed by atoms with Crippen LogP contribution in [-0.4, -0.2) is 13.5 Å². The van der Waals surface area contributed by atoms with E-state index in [1.807, 2.05) is 12.1 Å². The Labute approximate surface area is 124 Å². The Bertz CT molecular complexity index is 667. The zero-order valence-electron chi connectivity index (χ0n) is 9.84. The van der Waals surface area contributed by atoms with Crippen LogP contribution in [0.1, 0.15) is 10.4 Å². The number of thiophene rings is 1. The second-order valence-corrected chi connectivity index (χ2v) is 8.15. The minimum atomic E-state index is -3.55. The van der Waals surface area contributed by atoms with Gasteiger partial charge in [0.15, 0.2) is 0 Å². The molecule has 1 aromatic carbocycles. The van der Waals surface area contributed by atoms with Crippen molar-refractivity contribution in [1.82, 2.24) is 4.72 Å². The van der Waals surface area contributed by atoms with Crippen LogP contribution >= 0.6 is 27.3 Å². The van der Waals surface area contributed by atoms with Crippen molar-refractivity contribution in [2.75, 3.05) is 0 Å². The Morgan fingerprint density at radius 3 is 2.68 bits per heavy atom. The van der Waals surface area contributed by atoms with Crippen molar-refractivity contribution in [3.63, 3.8) is 0 Å². The highest BCUT2D eigenvalue weighted by molar-refractivity contribution is 9.11. The number of aliphatic hydroxyl groups excluding tert-OH is 1. The Morgan fingerprint density at radius 2 is 2.05 bits per heavy atom. The Balaban J connectivity index is 2.13. The molecular formula is C12H12BrNO3S2. The average Bonchev–Trinajstić information content (AvgIpc) is 2.82. The third-order valence-corrected chi connectivity index (χ3v) is 5.48. The zero-order chi connectivity index (χ0) is 13.9. The van der Waals surface area contributed by atoms with Crippen molar-refractivity contribution in [2.45, 2.75) is 18.0 Å². The van der Waals surface area contributed by atoms with Crippen molar-refractivity contribution in [1.29, 1.82) is 0 Å². The summed E-state index contributed by atoms with van der Waals surface area (Å²) in [7, 11) is -3.55. The maximum atomic E-state index is 12.1. The number of rotatable bonds is 5. The van der Waals surface area contributed by atoms with E-state index in [0.717, 1.165) is 8.66 Å². The molecule has 0 fully saturated rings. The van der Waals surface area contributed by atoms with Gasteiger partial charge in [-0.25, -0.2) is 13.1 Å². The highest BCUT2D eigenvalue weighted by Gasteiger charge is 2.14. The number of hydrogen-bond donors (Lipinski definition) is 2. The number of nitrogens with one attached hydrogen (secondary N) is 1. The lowest BCUT2D eigenvalue weighted by atomic mass is 10.2. The summed E-state index contributed by atoms with van der Waals surface area (Å²) in [5.74, 6) is 0. The van der Waals surface area contributed by atoms with Gasteiger partial charge in [-0.05, 0) is 45.8 Å². The summed E-state index contributed by atoms with van der Waals surface area (Å²) in [6, 6.07) is 10.00. The average molecular weight is 362 g/mol. The molecule has 0 aliphatic carbocycles. The summed E-state index contributed by atoms with van der Waals surface area (Å²) >= 11 is 4.81. The van der Waals surface area contributed by atoms with Gasteiger partial charge in [0.05, 0.1) is 15.3 Å². The Hall–Kier alpha value is -0.730. The number of sulfonamides is 1. The summed E-state index contributed by atoms with van der Waals surface area (Å²) in [4.78, 5) is 1.09. The molecule has 102 valence electrons. The maximum Gasteiger partial charge on any atom is 0.240 e. The van der Waals surface area contributed by atoms with Crippen LogP contribution in [0.25, 0.3) is 0 Å². The topological polar surface area (TPSA) is 66.4 Å². The van der Waals surface area contributed by atoms with Gasteiger partial charge in [0.2, 0.25) is 10.0 Å². The second-order valence-electron chi connectivity index (χ2n) is 3.84. The first-order valence-electron chi connectivity index (χ1n) is 5.45. The van der Waals surface area contributed by atoms with Crippen LogP contribution in [0.4, 0.5) is 0 Å². The van der Waals surface area contributed by atoms with Gasteiger partial charge in [-0.15, -0.1) is 11.3 Å². The standard InChI is InChI=1S/C12H12BrNO3S2/c13-12-5-4-10(18-12)7-14-19(16,17)11-3-1-2-9(6-11)8-15/h1-6,14-15H,7-8H2. The molecule has 0 aliphatic rings. The lowest BCUT2D eigenvalue weighted by Gasteiger charge is -2.06. The van der Waals surface area contributed by atoms with E-state index in [2.05, 4.69) is 20.7 Å². The van der Waals surface area contributed by atoms with Gasteiger partial charge in [0.25, 0.3) is 0 Å². The molecule has 0 radical (unpaired) electrons. The fraction of sp³-hybridized carbons (Fsp3) is 0.167. The largest absolute Gasteiger partial charge is 0.392 e. The van der Waals surface area contributed by atoms with Crippen LogP contribution in [0.3, 0.4) is 0 Å². The zero-order valence-corrected chi connectivity index (χ0v) is 13.1. The molecule has 0 unspecified atom stereocenters. The van der Waals surface area contributed by atoms with Crippen molar-refractivity contribution >= 4 is 37.3 Å². The van der Waals surface area contributed by atoms with Gasteiger partial charge in [-0.3, -0.25) is 0 Å². The molecule has 19 heavy (non-hydrogen) atoms. The van der Waals surface area contributed by atoms with Crippen molar-refractivity contribution in [2.24, 2.45) is 0 Å². The van der Waals surface area contributed by atoms with E-state index in [1.165, 1.54) is 23.5 Å². The summed E-state index contributed by atoms with van der Waals surface area (Å²) in [6.07, 6.45) is 0. The molecule has 0 amide bonds. The first-order valence-corrected chi connectivity index (χ1v) is 8.54. The SMILES string of the molecule is O=S(=O)(NCc1ccc(Br)s1)c1cccc(CO)c1. The van der Waals surface area contributed by atoms with E-state index in [9.17, 15) is 8.42 Å². The van der Waals surface area contributed by atoms with E-state index >= 15 is 0 Å². The fourth-order valence-electron chi connectivity index (χ4n) is 1.51. The summed E-state index contributed by atoms with van der Waals surface area (Å²) in [6.45, 7) is 0.0726. The van der Waals surface area contributed by atoms with Crippen LogP contribution < -0.4 is 4.72 Å². The highest BCUT2D eigenvalue weighted by atomic mass is 79.9. The molecule has 1 heterocycles. The summed E-state index contributed by atoms with van der Waals surface area (Å²) < 4.78 is 27.7. The molecule has 2 rings (SSSR count). The lowest BCUT2D eigenvalue weighted by Crippen LogP contribution is -2.22. The van der Waals surface area contributed by atoms with E-state index in [-0.39, 0.29) is 18.0 Å². The van der Waals surface area contributed by atoms with Crippen LogP contribution in [0.2, 0.25) is 0 Å². The highest BCUT2D eigenvalue weighted by Crippen LogP contribution is 2.22. The second kappa shape index (κ2) is 6.15. The normalized spacial score (nSPS) is 11.7. The minimum absolute atomic E-state index is 0.162. The van der Waals surface area contributed by atoms with Gasteiger partial charge in [-0.2, -0.15) is 0 Å². The van der Waals surface area contributed by atoms with Gasteiger partial charge in [0, 0.05) is 11.4 Å². The number of benzene rings is 1. The quantitative estimate of drug-likeness (QED) is 0.859. The van der Waals surface area contributed by atoms with Crippen molar-refractivity contribution in [3.05, 3.63) is 50.6 Å². The van der Waals surface area contributed by atoms with Gasteiger partial charge in [0.1, 0.15) is 0 Å². The molecule has 0 saturated carbocycles. The predicted molar refractivity (Wildman–Crippen MR) is 78.4 cm³/mol. The molecule has 7 heteroatoms. The monoisotopic (exact) mass is 361 g/mol. The van der Waals surface area contributed by atoms with E-state index < -0.39 is 10.0 Å². The molecular weight excluding hydrogens is 350 g/mol. The molecule has 2 aromatic rings. The molecule has 0 saturated heterocycles. The van der Waals surface area contributed by atoms with Crippen molar-refractivity contribution < 1.29 is 13.5 Å².